The van der Waals surface area contributed by atoms with E-state index in [9.17, 15) is 9.59 Å². The lowest BCUT2D eigenvalue weighted by molar-refractivity contribution is -0.142. The molecule has 0 aliphatic carbocycles. The summed E-state index contributed by atoms with van der Waals surface area (Å²) >= 11 is 18.4. The third-order valence-electron chi connectivity index (χ3n) is 5.44. The molecule has 0 radical (unpaired) electrons. The van der Waals surface area contributed by atoms with Gasteiger partial charge in [0, 0.05) is 29.6 Å². The van der Waals surface area contributed by atoms with E-state index in [-0.39, 0.29) is 30.9 Å². The number of hydrogen-bond donors (Lipinski definition) is 1. The van der Waals surface area contributed by atoms with Crippen LogP contribution in [0.5, 0.6) is 5.75 Å². The molecular weight excluding hydrogens is 519 g/mol. The van der Waals surface area contributed by atoms with Crippen LogP contribution >= 0.6 is 34.8 Å². The van der Waals surface area contributed by atoms with E-state index in [1.54, 1.807) is 30.3 Å². The molecule has 0 spiro atoms. The van der Waals surface area contributed by atoms with Gasteiger partial charge in [-0.3, -0.25) is 9.59 Å². The van der Waals surface area contributed by atoms with Gasteiger partial charge in [0.15, 0.2) is 6.61 Å². The van der Waals surface area contributed by atoms with Crippen LogP contribution in [0.3, 0.4) is 0 Å². The van der Waals surface area contributed by atoms with Crippen LogP contribution in [-0.4, -0.2) is 35.9 Å². The first kappa shape index (κ1) is 27.9. The maximum Gasteiger partial charge on any atom is 0.261 e. The molecule has 8 heteroatoms. The third-order valence-corrected chi connectivity index (χ3v) is 6.21. The minimum atomic E-state index is -0.762. The summed E-state index contributed by atoms with van der Waals surface area (Å²) in [5, 5.41) is 4.30. The van der Waals surface area contributed by atoms with Crippen molar-refractivity contribution in [1.29, 1.82) is 0 Å². The Morgan fingerprint density at radius 2 is 1.58 bits per heavy atom. The third kappa shape index (κ3) is 8.44. The molecule has 5 nitrogen and oxygen atoms in total. The van der Waals surface area contributed by atoms with Crippen molar-refractivity contribution < 1.29 is 14.3 Å². The number of amides is 2. The maximum absolute atomic E-state index is 13.6. The molecule has 2 amide bonds. The number of carbonyl (C=O) groups excluding carboxylic acids is 2. The van der Waals surface area contributed by atoms with E-state index in [1.807, 2.05) is 56.3 Å². The Kier molecular flexibility index (Phi) is 10.5. The first-order chi connectivity index (χ1) is 17.2. The van der Waals surface area contributed by atoms with Gasteiger partial charge in [-0.25, -0.2) is 0 Å². The van der Waals surface area contributed by atoms with Crippen LogP contribution in [0.4, 0.5) is 0 Å². The van der Waals surface area contributed by atoms with E-state index in [4.69, 9.17) is 39.5 Å². The highest BCUT2D eigenvalue weighted by Gasteiger charge is 2.31. The smallest absolute Gasteiger partial charge is 0.261 e. The lowest BCUT2D eigenvalue weighted by Gasteiger charge is -2.31. The number of halogens is 3. The van der Waals surface area contributed by atoms with Crippen LogP contribution in [0, 0.1) is 5.92 Å². The van der Waals surface area contributed by atoms with E-state index in [1.165, 1.54) is 4.90 Å². The molecule has 0 aliphatic heterocycles. The fourth-order valence-corrected chi connectivity index (χ4v) is 4.30. The molecule has 3 aromatic carbocycles. The zero-order valence-electron chi connectivity index (χ0n) is 20.2. The van der Waals surface area contributed by atoms with Crippen molar-refractivity contribution in [3.8, 4) is 5.75 Å². The summed E-state index contributed by atoms with van der Waals surface area (Å²) in [7, 11) is 0. The molecule has 0 aliphatic rings. The van der Waals surface area contributed by atoms with E-state index in [0.717, 1.165) is 11.1 Å². The summed E-state index contributed by atoms with van der Waals surface area (Å²) in [6, 6.07) is 20.9. The molecule has 0 saturated carbocycles. The van der Waals surface area contributed by atoms with E-state index >= 15 is 0 Å². The van der Waals surface area contributed by atoms with Crippen molar-refractivity contribution in [3.63, 3.8) is 0 Å². The van der Waals surface area contributed by atoms with Crippen LogP contribution < -0.4 is 10.1 Å². The van der Waals surface area contributed by atoms with Gasteiger partial charge in [-0.15, -0.1) is 0 Å². The van der Waals surface area contributed by atoms with E-state index in [2.05, 4.69) is 5.32 Å². The van der Waals surface area contributed by atoms with Crippen LogP contribution in [0.2, 0.25) is 15.1 Å². The Morgan fingerprint density at radius 1 is 0.889 bits per heavy atom. The Hall–Kier alpha value is -2.73. The number of benzene rings is 3. The zero-order valence-corrected chi connectivity index (χ0v) is 22.5. The van der Waals surface area contributed by atoms with Gasteiger partial charge in [0.1, 0.15) is 11.8 Å². The topological polar surface area (TPSA) is 58.6 Å². The number of rotatable bonds is 11. The second-order valence-corrected chi connectivity index (χ2v) is 10.1. The fourth-order valence-electron chi connectivity index (χ4n) is 3.62. The first-order valence-corrected chi connectivity index (χ1v) is 12.8. The molecule has 0 fully saturated rings. The average Bonchev–Trinajstić information content (AvgIpc) is 2.84. The molecule has 1 unspecified atom stereocenters. The number of nitrogens with one attached hydrogen (secondary N) is 1. The monoisotopic (exact) mass is 546 g/mol. The van der Waals surface area contributed by atoms with Gasteiger partial charge in [0.2, 0.25) is 5.91 Å². The normalized spacial score (nSPS) is 11.7. The summed E-state index contributed by atoms with van der Waals surface area (Å²) in [4.78, 5) is 28.5. The predicted octanol–water partition coefficient (Wildman–Crippen LogP) is 6.44. The summed E-state index contributed by atoms with van der Waals surface area (Å²) in [5.41, 5.74) is 1.74. The molecule has 190 valence electrons. The highest BCUT2D eigenvalue weighted by atomic mass is 35.5. The van der Waals surface area contributed by atoms with Gasteiger partial charge < -0.3 is 15.0 Å². The number of hydrogen-bond acceptors (Lipinski definition) is 3. The van der Waals surface area contributed by atoms with Gasteiger partial charge in [-0.2, -0.15) is 0 Å². The number of ether oxygens (including phenoxy) is 1. The second kappa shape index (κ2) is 13.5. The minimum Gasteiger partial charge on any atom is -0.482 e. The molecule has 0 bridgehead atoms. The van der Waals surface area contributed by atoms with Gasteiger partial charge >= 0.3 is 0 Å². The molecule has 3 rings (SSSR count). The molecular formula is C28H29Cl3N2O3. The van der Waals surface area contributed by atoms with Crippen molar-refractivity contribution in [3.05, 3.63) is 99.0 Å². The number of carbonyl (C=O) groups is 2. The molecule has 0 aromatic heterocycles. The van der Waals surface area contributed by atoms with Crippen molar-refractivity contribution in [2.75, 3.05) is 13.2 Å². The predicted molar refractivity (Wildman–Crippen MR) is 146 cm³/mol. The molecule has 36 heavy (non-hydrogen) atoms. The second-order valence-electron chi connectivity index (χ2n) is 8.86. The lowest BCUT2D eigenvalue weighted by Crippen LogP contribution is -2.52. The average molecular weight is 548 g/mol. The van der Waals surface area contributed by atoms with Crippen molar-refractivity contribution in [2.45, 2.75) is 32.9 Å². The van der Waals surface area contributed by atoms with Gasteiger partial charge in [0.05, 0.1) is 5.02 Å². The summed E-state index contributed by atoms with van der Waals surface area (Å²) in [6.07, 6.45) is 0.346. The zero-order chi connectivity index (χ0) is 26.1. The number of nitrogens with zero attached hydrogens (tertiary/aromatic N) is 1. The Morgan fingerprint density at radius 3 is 2.25 bits per heavy atom. The molecule has 0 saturated heterocycles. The molecule has 1 atom stereocenters. The van der Waals surface area contributed by atoms with Crippen molar-refractivity contribution in [2.24, 2.45) is 5.92 Å². The van der Waals surface area contributed by atoms with Crippen molar-refractivity contribution in [1.82, 2.24) is 10.2 Å². The van der Waals surface area contributed by atoms with Crippen molar-refractivity contribution >= 4 is 46.6 Å². The Bertz CT molecular complexity index is 1170. The van der Waals surface area contributed by atoms with Crippen LogP contribution in [0.1, 0.15) is 25.0 Å². The van der Waals surface area contributed by atoms with Crippen LogP contribution in [-0.2, 0) is 22.6 Å². The Balaban J connectivity index is 1.91. The molecule has 1 N–H and O–H groups in total. The van der Waals surface area contributed by atoms with Gasteiger partial charge in [0.25, 0.3) is 5.91 Å². The SMILES string of the molecule is CC(C)CNC(=O)C(Cc1ccccc1)N(Cc1cccc(Cl)c1)C(=O)COc1ccc(Cl)cc1Cl. The lowest BCUT2D eigenvalue weighted by atomic mass is 10.0. The first-order valence-electron chi connectivity index (χ1n) is 11.7. The summed E-state index contributed by atoms with van der Waals surface area (Å²) in [6.45, 7) is 4.42. The summed E-state index contributed by atoms with van der Waals surface area (Å²) in [5.74, 6) is 0.00820. The van der Waals surface area contributed by atoms with Crippen LogP contribution in [0.15, 0.2) is 72.8 Å². The Labute approximate surface area is 227 Å². The highest BCUT2D eigenvalue weighted by Crippen LogP contribution is 2.27. The van der Waals surface area contributed by atoms with Gasteiger partial charge in [-0.05, 0) is 47.4 Å². The molecule has 3 aromatic rings. The largest absolute Gasteiger partial charge is 0.482 e. The standard InChI is InChI=1S/C28H29Cl3N2O3/c1-19(2)16-32-28(35)25(14-20-7-4-3-5-8-20)33(17-21-9-6-10-22(29)13-21)27(34)18-36-26-12-11-23(30)15-24(26)31/h3-13,15,19,25H,14,16-18H2,1-2H3,(H,32,35). The fraction of sp³-hybridized carbons (Fsp3) is 0.286. The van der Waals surface area contributed by atoms with Gasteiger partial charge in [-0.1, -0.05) is 91.1 Å². The maximum atomic E-state index is 13.6. The van der Waals surface area contributed by atoms with E-state index < -0.39 is 6.04 Å². The van der Waals surface area contributed by atoms with Crippen LogP contribution in [0.25, 0.3) is 0 Å². The quantitative estimate of drug-likeness (QED) is 0.301. The molecule has 0 heterocycles. The van der Waals surface area contributed by atoms with E-state index in [0.29, 0.717) is 33.8 Å². The highest BCUT2D eigenvalue weighted by molar-refractivity contribution is 6.35. The summed E-state index contributed by atoms with van der Waals surface area (Å²) < 4.78 is 5.73. The minimum absolute atomic E-state index is 0.184.